The van der Waals surface area contributed by atoms with Gasteiger partial charge in [-0.2, -0.15) is 0 Å². The molecule has 0 aliphatic carbocycles. The van der Waals surface area contributed by atoms with Gasteiger partial charge >= 0.3 is 6.09 Å². The van der Waals surface area contributed by atoms with Gasteiger partial charge < -0.3 is 10.1 Å². The Balaban J connectivity index is 4.18. The fourth-order valence-electron chi connectivity index (χ4n) is 1.51. The SMILES string of the molecule is CC[C@H](CC(C)(C)C)NC(=O)OC(C)(C)C. The van der Waals surface area contributed by atoms with Gasteiger partial charge in [0, 0.05) is 6.04 Å². The molecule has 0 heterocycles. The maximum absolute atomic E-state index is 11.6. The van der Waals surface area contributed by atoms with E-state index in [1.54, 1.807) is 0 Å². The highest BCUT2D eigenvalue weighted by molar-refractivity contribution is 5.68. The quantitative estimate of drug-likeness (QED) is 0.801. The van der Waals surface area contributed by atoms with Crippen molar-refractivity contribution in [3.63, 3.8) is 0 Å². The molecule has 0 fully saturated rings. The van der Waals surface area contributed by atoms with Crippen molar-refractivity contribution in [2.24, 2.45) is 5.41 Å². The summed E-state index contributed by atoms with van der Waals surface area (Å²) in [5.74, 6) is 0. The zero-order valence-electron chi connectivity index (χ0n) is 11.8. The average Bonchev–Trinajstić information content (AvgIpc) is 1.96. The van der Waals surface area contributed by atoms with E-state index in [-0.39, 0.29) is 17.6 Å². The van der Waals surface area contributed by atoms with Crippen molar-refractivity contribution >= 4 is 6.09 Å². The van der Waals surface area contributed by atoms with Gasteiger partial charge in [-0.1, -0.05) is 27.7 Å². The Hall–Kier alpha value is -0.730. The Kier molecular flexibility index (Phi) is 5.30. The zero-order valence-corrected chi connectivity index (χ0v) is 11.8. The van der Waals surface area contributed by atoms with E-state index in [4.69, 9.17) is 4.74 Å². The fourth-order valence-corrected chi connectivity index (χ4v) is 1.51. The highest BCUT2D eigenvalue weighted by Gasteiger charge is 2.22. The van der Waals surface area contributed by atoms with Gasteiger partial charge in [-0.25, -0.2) is 4.79 Å². The third kappa shape index (κ3) is 8.57. The first-order valence-electron chi connectivity index (χ1n) is 6.03. The third-order valence-electron chi connectivity index (χ3n) is 2.07. The van der Waals surface area contributed by atoms with Gasteiger partial charge in [0.25, 0.3) is 0 Å². The summed E-state index contributed by atoms with van der Waals surface area (Å²) in [4.78, 5) is 11.6. The summed E-state index contributed by atoms with van der Waals surface area (Å²) in [5.41, 5.74) is -0.209. The summed E-state index contributed by atoms with van der Waals surface area (Å²) in [5, 5.41) is 2.92. The predicted molar refractivity (Wildman–Crippen MR) is 67.5 cm³/mol. The predicted octanol–water partition coefficient (Wildman–Crippen LogP) is 3.73. The van der Waals surface area contributed by atoms with Crippen molar-refractivity contribution in [1.29, 1.82) is 0 Å². The van der Waals surface area contributed by atoms with Crippen LogP contribution in [0.25, 0.3) is 0 Å². The highest BCUT2D eigenvalue weighted by Crippen LogP contribution is 2.22. The molecule has 1 N–H and O–H groups in total. The minimum Gasteiger partial charge on any atom is -0.444 e. The molecule has 0 bridgehead atoms. The van der Waals surface area contributed by atoms with Crippen LogP contribution in [0.3, 0.4) is 0 Å². The first-order chi connectivity index (χ1) is 7.03. The van der Waals surface area contributed by atoms with E-state index in [2.05, 4.69) is 33.0 Å². The highest BCUT2D eigenvalue weighted by atomic mass is 16.6. The first-order valence-corrected chi connectivity index (χ1v) is 6.03. The number of alkyl carbamates (subject to hydrolysis) is 1. The smallest absolute Gasteiger partial charge is 0.407 e. The van der Waals surface area contributed by atoms with Gasteiger partial charge in [0.1, 0.15) is 5.60 Å². The normalized spacial score (nSPS) is 14.4. The Morgan fingerprint density at radius 3 is 2.00 bits per heavy atom. The van der Waals surface area contributed by atoms with Crippen molar-refractivity contribution in [3.05, 3.63) is 0 Å². The number of ether oxygens (including phenoxy) is 1. The Bertz CT molecular complexity index is 223. The fraction of sp³-hybridized carbons (Fsp3) is 0.923. The van der Waals surface area contributed by atoms with Crippen molar-refractivity contribution in [2.75, 3.05) is 0 Å². The van der Waals surface area contributed by atoms with Crippen LogP contribution in [0.2, 0.25) is 0 Å². The molecule has 0 rings (SSSR count). The van der Waals surface area contributed by atoms with Crippen LogP contribution in [-0.2, 0) is 4.74 Å². The molecule has 0 unspecified atom stereocenters. The van der Waals surface area contributed by atoms with Crippen LogP contribution in [0.4, 0.5) is 4.79 Å². The van der Waals surface area contributed by atoms with Gasteiger partial charge in [-0.3, -0.25) is 0 Å². The molecule has 0 aliphatic heterocycles. The topological polar surface area (TPSA) is 38.3 Å². The van der Waals surface area contributed by atoms with E-state index in [9.17, 15) is 4.79 Å². The molecule has 0 radical (unpaired) electrons. The second-order valence-electron chi connectivity index (χ2n) is 6.52. The Labute approximate surface area is 99.9 Å². The van der Waals surface area contributed by atoms with E-state index >= 15 is 0 Å². The lowest BCUT2D eigenvalue weighted by molar-refractivity contribution is 0.0491. The van der Waals surface area contributed by atoms with E-state index in [0.29, 0.717) is 0 Å². The summed E-state index contributed by atoms with van der Waals surface area (Å²) in [6, 6.07) is 0.190. The van der Waals surface area contributed by atoms with Crippen molar-refractivity contribution in [3.8, 4) is 0 Å². The molecular formula is C13H27NO2. The number of hydrogen-bond acceptors (Lipinski definition) is 2. The molecule has 0 saturated carbocycles. The lowest BCUT2D eigenvalue weighted by Crippen LogP contribution is -2.40. The van der Waals surface area contributed by atoms with E-state index in [1.807, 2.05) is 20.8 Å². The van der Waals surface area contributed by atoms with Crippen molar-refractivity contribution in [2.45, 2.75) is 73.0 Å². The molecule has 3 heteroatoms. The number of carbonyl (C=O) groups is 1. The van der Waals surface area contributed by atoms with Crippen LogP contribution in [0.1, 0.15) is 61.3 Å². The summed E-state index contributed by atoms with van der Waals surface area (Å²) < 4.78 is 5.23. The molecule has 1 amide bonds. The van der Waals surface area contributed by atoms with Crippen molar-refractivity contribution in [1.82, 2.24) is 5.32 Å². The van der Waals surface area contributed by atoms with Gasteiger partial charge in [-0.05, 0) is 39.0 Å². The molecule has 0 aliphatic rings. The number of rotatable bonds is 3. The van der Waals surface area contributed by atoms with Crippen LogP contribution in [0.5, 0.6) is 0 Å². The molecule has 3 nitrogen and oxygen atoms in total. The van der Waals surface area contributed by atoms with Crippen LogP contribution in [0, 0.1) is 5.41 Å². The monoisotopic (exact) mass is 229 g/mol. The molecule has 1 atom stereocenters. The van der Waals surface area contributed by atoms with Gasteiger partial charge in [-0.15, -0.1) is 0 Å². The first kappa shape index (κ1) is 15.3. The maximum Gasteiger partial charge on any atom is 0.407 e. The van der Waals surface area contributed by atoms with Gasteiger partial charge in [0.2, 0.25) is 0 Å². The number of carbonyl (C=O) groups excluding carboxylic acids is 1. The second-order valence-corrected chi connectivity index (χ2v) is 6.52. The van der Waals surface area contributed by atoms with Crippen LogP contribution < -0.4 is 5.32 Å². The summed E-state index contributed by atoms with van der Waals surface area (Å²) in [6.07, 6.45) is 1.57. The Morgan fingerprint density at radius 2 is 1.69 bits per heavy atom. The Morgan fingerprint density at radius 1 is 1.19 bits per heavy atom. The molecule has 0 aromatic heterocycles. The molecule has 0 aromatic carbocycles. The second kappa shape index (κ2) is 5.55. The van der Waals surface area contributed by atoms with E-state index in [0.717, 1.165) is 12.8 Å². The molecular weight excluding hydrogens is 202 g/mol. The molecule has 96 valence electrons. The van der Waals surface area contributed by atoms with Crippen molar-refractivity contribution < 1.29 is 9.53 Å². The maximum atomic E-state index is 11.6. The number of nitrogens with one attached hydrogen (secondary N) is 1. The number of hydrogen-bond donors (Lipinski definition) is 1. The summed E-state index contributed by atoms with van der Waals surface area (Å²) in [6.45, 7) is 14.2. The number of amides is 1. The summed E-state index contributed by atoms with van der Waals surface area (Å²) >= 11 is 0. The van der Waals surface area contributed by atoms with Crippen LogP contribution in [-0.4, -0.2) is 17.7 Å². The summed E-state index contributed by atoms with van der Waals surface area (Å²) in [7, 11) is 0. The molecule has 0 spiro atoms. The van der Waals surface area contributed by atoms with E-state index in [1.165, 1.54) is 0 Å². The van der Waals surface area contributed by atoms with Gasteiger partial charge in [0.15, 0.2) is 0 Å². The largest absolute Gasteiger partial charge is 0.444 e. The van der Waals surface area contributed by atoms with Gasteiger partial charge in [0.05, 0.1) is 0 Å². The van der Waals surface area contributed by atoms with Crippen LogP contribution >= 0.6 is 0 Å². The standard InChI is InChI=1S/C13H27NO2/c1-8-10(9-12(2,3)4)14-11(15)16-13(5,6)7/h10H,8-9H2,1-7H3,(H,14,15)/t10-/m1/s1. The lowest BCUT2D eigenvalue weighted by atomic mass is 9.87. The third-order valence-corrected chi connectivity index (χ3v) is 2.07. The minimum absolute atomic E-state index is 0.190. The van der Waals surface area contributed by atoms with Crippen LogP contribution in [0.15, 0.2) is 0 Å². The molecule has 0 aromatic rings. The lowest BCUT2D eigenvalue weighted by Gasteiger charge is -2.27. The minimum atomic E-state index is -0.426. The molecule has 16 heavy (non-hydrogen) atoms. The molecule has 0 saturated heterocycles. The average molecular weight is 229 g/mol. The zero-order chi connectivity index (χ0) is 13.0. The van der Waals surface area contributed by atoms with E-state index < -0.39 is 5.60 Å².